The van der Waals surface area contributed by atoms with Crippen LogP contribution in [0.3, 0.4) is 0 Å². The number of methoxy groups -OCH3 is 5. The van der Waals surface area contributed by atoms with Gasteiger partial charge in [-0.25, -0.2) is 0 Å². The normalized spacial score (nSPS) is 10.7. The van der Waals surface area contributed by atoms with Crippen molar-refractivity contribution in [2.45, 2.75) is 0 Å². The first kappa shape index (κ1) is 22.1. The second kappa shape index (κ2) is 9.16. The molecule has 1 aromatic heterocycles. The van der Waals surface area contributed by atoms with Crippen LogP contribution in [0.15, 0.2) is 54.6 Å². The summed E-state index contributed by atoms with van der Waals surface area (Å²) in [5.74, 6) is 2.39. The number of ether oxygens (including phenoxy) is 5. The van der Waals surface area contributed by atoms with Gasteiger partial charge in [-0.2, -0.15) is 0 Å². The Hall–Kier alpha value is -4.13. The van der Waals surface area contributed by atoms with E-state index in [9.17, 15) is 4.79 Å². The van der Waals surface area contributed by atoms with Gasteiger partial charge in [0.1, 0.15) is 11.5 Å². The third kappa shape index (κ3) is 3.82. The number of nitrogens with one attached hydrogen (secondary N) is 1. The van der Waals surface area contributed by atoms with Crippen molar-refractivity contribution in [1.29, 1.82) is 0 Å². The zero-order valence-electron chi connectivity index (χ0n) is 19.1. The summed E-state index contributed by atoms with van der Waals surface area (Å²) in [5, 5.41) is 0.820. The Morgan fingerprint density at radius 2 is 1.36 bits per heavy atom. The van der Waals surface area contributed by atoms with E-state index in [2.05, 4.69) is 4.98 Å². The van der Waals surface area contributed by atoms with E-state index in [1.165, 1.54) is 21.3 Å². The summed E-state index contributed by atoms with van der Waals surface area (Å²) in [6.07, 6.45) is 0. The molecule has 3 aromatic carbocycles. The van der Waals surface area contributed by atoms with Crippen LogP contribution in [0.2, 0.25) is 0 Å². The van der Waals surface area contributed by atoms with Gasteiger partial charge in [0.25, 0.3) is 0 Å². The van der Waals surface area contributed by atoms with E-state index in [1.54, 1.807) is 26.4 Å². The summed E-state index contributed by atoms with van der Waals surface area (Å²) in [5.41, 5.74) is 3.20. The lowest BCUT2D eigenvalue weighted by atomic mass is 9.97. The fourth-order valence-corrected chi connectivity index (χ4v) is 3.96. The molecule has 1 N–H and O–H groups in total. The summed E-state index contributed by atoms with van der Waals surface area (Å²) in [7, 11) is 7.78. The zero-order chi connectivity index (χ0) is 23.5. The molecule has 0 radical (unpaired) electrons. The molecule has 7 heteroatoms. The van der Waals surface area contributed by atoms with E-state index in [0.29, 0.717) is 34.3 Å². The highest BCUT2D eigenvalue weighted by atomic mass is 16.5. The van der Waals surface area contributed by atoms with E-state index in [-0.39, 0.29) is 5.78 Å². The van der Waals surface area contributed by atoms with E-state index >= 15 is 0 Å². The molecule has 0 spiro atoms. The van der Waals surface area contributed by atoms with E-state index < -0.39 is 0 Å². The minimum absolute atomic E-state index is 0.224. The number of hydrogen-bond donors (Lipinski definition) is 1. The quantitative estimate of drug-likeness (QED) is 0.378. The van der Waals surface area contributed by atoms with Crippen molar-refractivity contribution in [3.05, 3.63) is 65.9 Å². The smallest absolute Gasteiger partial charge is 0.210 e. The van der Waals surface area contributed by atoms with Crippen LogP contribution in [0.1, 0.15) is 16.1 Å². The average Bonchev–Trinajstić information content (AvgIpc) is 3.27. The lowest BCUT2D eigenvalue weighted by Crippen LogP contribution is -2.06. The first-order valence-electron chi connectivity index (χ1n) is 10.2. The van der Waals surface area contributed by atoms with Gasteiger partial charge >= 0.3 is 0 Å². The standard InChI is InChI=1S/C26H25NO6/c1-29-17-11-9-15(10-12-17)22-23-18(7-6-8-19(23)30-2)27-24(22)25(28)16-13-20(31-3)26(33-5)21(14-16)32-4/h6-14,27H,1-5H3. The Morgan fingerprint density at radius 1 is 0.727 bits per heavy atom. The Balaban J connectivity index is 1.97. The van der Waals surface area contributed by atoms with E-state index in [4.69, 9.17) is 23.7 Å². The molecule has 0 bridgehead atoms. The molecule has 0 saturated carbocycles. The molecule has 7 nitrogen and oxygen atoms in total. The maximum Gasteiger partial charge on any atom is 0.210 e. The lowest BCUT2D eigenvalue weighted by molar-refractivity contribution is 0.103. The van der Waals surface area contributed by atoms with Gasteiger partial charge in [-0.15, -0.1) is 0 Å². The van der Waals surface area contributed by atoms with Gasteiger partial charge in [-0.1, -0.05) is 18.2 Å². The third-order valence-electron chi connectivity index (χ3n) is 5.54. The average molecular weight is 447 g/mol. The largest absolute Gasteiger partial charge is 0.497 e. The van der Waals surface area contributed by atoms with E-state index in [0.717, 1.165) is 27.8 Å². The van der Waals surface area contributed by atoms with Crippen LogP contribution in [0, 0.1) is 0 Å². The van der Waals surface area contributed by atoms with Gasteiger partial charge in [0.15, 0.2) is 11.5 Å². The second-order valence-electron chi connectivity index (χ2n) is 7.23. The molecule has 4 rings (SSSR count). The van der Waals surface area contributed by atoms with Crippen LogP contribution in [0.4, 0.5) is 0 Å². The van der Waals surface area contributed by atoms with E-state index in [1.807, 2.05) is 42.5 Å². The van der Waals surface area contributed by atoms with Crippen molar-refractivity contribution in [2.24, 2.45) is 0 Å². The number of H-pyrrole nitrogens is 1. The Morgan fingerprint density at radius 3 is 1.91 bits per heavy atom. The molecule has 0 amide bonds. The number of benzene rings is 3. The summed E-state index contributed by atoms with van der Waals surface area (Å²) in [6, 6.07) is 16.5. The minimum atomic E-state index is -0.224. The summed E-state index contributed by atoms with van der Waals surface area (Å²) >= 11 is 0. The molecule has 33 heavy (non-hydrogen) atoms. The van der Waals surface area contributed by atoms with Crippen LogP contribution in [0.5, 0.6) is 28.7 Å². The number of aromatic nitrogens is 1. The Bertz CT molecular complexity index is 1280. The van der Waals surface area contributed by atoms with Gasteiger partial charge < -0.3 is 28.7 Å². The number of carbonyl (C=O) groups excluding carboxylic acids is 1. The molecule has 1 heterocycles. The van der Waals surface area contributed by atoms with Gasteiger partial charge in [-0.05, 0) is 42.0 Å². The second-order valence-corrected chi connectivity index (χ2v) is 7.23. The SMILES string of the molecule is COc1ccc(-c2c(C(=O)c3cc(OC)c(OC)c(OC)c3)[nH]c3cccc(OC)c23)cc1. The van der Waals surface area contributed by atoms with Crippen molar-refractivity contribution in [2.75, 3.05) is 35.5 Å². The van der Waals surface area contributed by atoms with Gasteiger partial charge in [0, 0.05) is 11.1 Å². The highest BCUT2D eigenvalue weighted by Gasteiger charge is 2.25. The highest BCUT2D eigenvalue weighted by Crippen LogP contribution is 2.42. The van der Waals surface area contributed by atoms with Crippen molar-refractivity contribution in [1.82, 2.24) is 4.98 Å². The maximum atomic E-state index is 13.8. The van der Waals surface area contributed by atoms with Crippen LogP contribution in [-0.2, 0) is 0 Å². The molecule has 170 valence electrons. The monoisotopic (exact) mass is 447 g/mol. The highest BCUT2D eigenvalue weighted by molar-refractivity contribution is 6.18. The van der Waals surface area contributed by atoms with Crippen molar-refractivity contribution < 1.29 is 28.5 Å². The van der Waals surface area contributed by atoms with Gasteiger partial charge in [0.05, 0.1) is 52.1 Å². The molecule has 0 unspecified atom stereocenters. The van der Waals surface area contributed by atoms with Crippen LogP contribution in [0.25, 0.3) is 22.0 Å². The first-order valence-corrected chi connectivity index (χ1v) is 10.2. The van der Waals surface area contributed by atoms with Crippen molar-refractivity contribution >= 4 is 16.7 Å². The molecule has 0 aliphatic carbocycles. The molecule has 0 fully saturated rings. The number of carbonyl (C=O) groups is 1. The Labute approximate surface area is 191 Å². The van der Waals surface area contributed by atoms with Crippen LogP contribution < -0.4 is 23.7 Å². The summed E-state index contributed by atoms with van der Waals surface area (Å²) in [4.78, 5) is 17.1. The molecule has 0 atom stereocenters. The van der Waals surface area contributed by atoms with Crippen molar-refractivity contribution in [3.8, 4) is 39.9 Å². The number of rotatable bonds is 8. The topological polar surface area (TPSA) is 79.0 Å². The lowest BCUT2D eigenvalue weighted by Gasteiger charge is -2.14. The molecule has 4 aromatic rings. The van der Waals surface area contributed by atoms with Crippen LogP contribution in [-0.4, -0.2) is 46.3 Å². The predicted octanol–water partition coefficient (Wildman–Crippen LogP) is 5.11. The van der Waals surface area contributed by atoms with Gasteiger partial charge in [-0.3, -0.25) is 4.79 Å². The summed E-state index contributed by atoms with van der Waals surface area (Å²) < 4.78 is 27.2. The maximum absolute atomic E-state index is 13.8. The molecule has 0 aliphatic rings. The number of hydrogen-bond acceptors (Lipinski definition) is 6. The van der Waals surface area contributed by atoms with Gasteiger partial charge in [0.2, 0.25) is 11.5 Å². The molecular weight excluding hydrogens is 422 g/mol. The number of aromatic amines is 1. The first-order chi connectivity index (χ1) is 16.1. The fraction of sp³-hybridized carbons (Fsp3) is 0.192. The molecule has 0 aliphatic heterocycles. The number of ketones is 1. The zero-order valence-corrected chi connectivity index (χ0v) is 19.1. The number of fused-ring (bicyclic) bond motifs is 1. The van der Waals surface area contributed by atoms with Crippen molar-refractivity contribution in [3.63, 3.8) is 0 Å². The molecule has 0 saturated heterocycles. The Kier molecular flexibility index (Phi) is 6.13. The third-order valence-corrected chi connectivity index (χ3v) is 5.54. The predicted molar refractivity (Wildman–Crippen MR) is 126 cm³/mol. The molecular formula is C26H25NO6. The summed E-state index contributed by atoms with van der Waals surface area (Å²) in [6.45, 7) is 0. The van der Waals surface area contributed by atoms with Crippen LogP contribution >= 0.6 is 0 Å². The minimum Gasteiger partial charge on any atom is -0.497 e. The fourth-order valence-electron chi connectivity index (χ4n) is 3.96.